The quantitative estimate of drug-likeness (QED) is 0.475. The molecule has 4 heterocycles. The van der Waals surface area contributed by atoms with Crippen LogP contribution < -0.4 is 20.3 Å². The molecule has 2 N–H and O–H groups in total. The molecule has 0 atom stereocenters. The lowest BCUT2D eigenvalue weighted by Gasteiger charge is -2.31. The first-order chi connectivity index (χ1) is 18.7. The molecule has 0 radical (unpaired) electrons. The molecular weight excluding hydrogens is 489 g/mol. The van der Waals surface area contributed by atoms with Crippen LogP contribution in [0, 0.1) is 5.82 Å². The van der Waals surface area contributed by atoms with Crippen LogP contribution in [0.3, 0.4) is 0 Å². The molecule has 3 aliphatic rings. The SMILES string of the molecule is Fc1c(NC2CCOCC2)ncnc1N[C@H]1CC[C@@H](Oc2cc(N3CCOCC3)cc3nccnc23)CC1. The maximum absolute atomic E-state index is 15.2. The molecule has 6 rings (SSSR count). The summed E-state index contributed by atoms with van der Waals surface area (Å²) in [5, 5.41) is 6.52. The summed E-state index contributed by atoms with van der Waals surface area (Å²) in [6.07, 6.45) is 9.96. The maximum atomic E-state index is 15.2. The lowest BCUT2D eigenvalue weighted by Crippen LogP contribution is -2.36. The molecule has 202 valence electrons. The molecule has 0 unspecified atom stereocenters. The average molecular weight is 524 g/mol. The zero-order valence-electron chi connectivity index (χ0n) is 21.4. The van der Waals surface area contributed by atoms with Gasteiger partial charge in [-0.1, -0.05) is 0 Å². The molecule has 0 bridgehead atoms. The number of hydrogen-bond acceptors (Lipinski definition) is 10. The van der Waals surface area contributed by atoms with E-state index in [4.69, 9.17) is 14.2 Å². The van der Waals surface area contributed by atoms with Crippen LogP contribution in [0.5, 0.6) is 5.75 Å². The number of aromatic nitrogens is 4. The Morgan fingerprint density at radius 2 is 1.45 bits per heavy atom. The van der Waals surface area contributed by atoms with Gasteiger partial charge in [-0.3, -0.25) is 4.98 Å². The maximum Gasteiger partial charge on any atom is 0.207 e. The lowest BCUT2D eigenvalue weighted by molar-refractivity contribution is 0.0903. The third kappa shape index (κ3) is 5.73. The molecule has 2 saturated heterocycles. The molecule has 3 fully saturated rings. The third-order valence-electron chi connectivity index (χ3n) is 7.56. The van der Waals surface area contributed by atoms with Gasteiger partial charge in [0.15, 0.2) is 11.6 Å². The van der Waals surface area contributed by atoms with Crippen molar-refractivity contribution in [3.63, 3.8) is 0 Å². The van der Waals surface area contributed by atoms with Crippen molar-refractivity contribution in [1.82, 2.24) is 19.9 Å². The van der Waals surface area contributed by atoms with Gasteiger partial charge >= 0.3 is 0 Å². The predicted octanol–water partition coefficient (Wildman–Crippen LogP) is 3.79. The fraction of sp³-hybridized carbons (Fsp3) is 0.556. The summed E-state index contributed by atoms with van der Waals surface area (Å²) in [4.78, 5) is 19.7. The van der Waals surface area contributed by atoms with Gasteiger partial charge in [0, 0.05) is 62.5 Å². The van der Waals surface area contributed by atoms with Gasteiger partial charge in [0.2, 0.25) is 5.82 Å². The van der Waals surface area contributed by atoms with Crippen LogP contribution in [-0.2, 0) is 9.47 Å². The largest absolute Gasteiger partial charge is 0.488 e. The Balaban J connectivity index is 1.09. The minimum absolute atomic E-state index is 0.0548. The van der Waals surface area contributed by atoms with E-state index in [1.54, 1.807) is 12.4 Å². The summed E-state index contributed by atoms with van der Waals surface area (Å²) in [6, 6.07) is 4.43. The lowest BCUT2D eigenvalue weighted by atomic mass is 9.93. The van der Waals surface area contributed by atoms with Crippen LogP contribution >= 0.6 is 0 Å². The van der Waals surface area contributed by atoms with Gasteiger partial charge in [0.25, 0.3) is 0 Å². The van der Waals surface area contributed by atoms with Gasteiger partial charge in [-0.2, -0.15) is 4.39 Å². The number of morpholine rings is 1. The van der Waals surface area contributed by atoms with Crippen molar-refractivity contribution >= 4 is 28.4 Å². The monoisotopic (exact) mass is 523 g/mol. The number of rotatable bonds is 7. The first-order valence-corrected chi connectivity index (χ1v) is 13.6. The summed E-state index contributed by atoms with van der Waals surface area (Å²) < 4.78 is 32.6. The second kappa shape index (κ2) is 11.6. The number of anilines is 3. The molecule has 0 spiro atoms. The summed E-state index contributed by atoms with van der Waals surface area (Å²) >= 11 is 0. The summed E-state index contributed by atoms with van der Waals surface area (Å²) in [6.45, 7) is 4.47. The number of hydrogen-bond donors (Lipinski definition) is 2. The van der Waals surface area contributed by atoms with Gasteiger partial charge in [0.05, 0.1) is 24.8 Å². The molecule has 1 aliphatic carbocycles. The number of ether oxygens (including phenoxy) is 3. The minimum Gasteiger partial charge on any atom is -0.488 e. The van der Waals surface area contributed by atoms with Crippen LogP contribution in [-0.4, -0.2) is 77.6 Å². The van der Waals surface area contributed by atoms with Crippen molar-refractivity contribution in [2.24, 2.45) is 0 Å². The summed E-state index contributed by atoms with van der Waals surface area (Å²) in [5.41, 5.74) is 2.68. The highest BCUT2D eigenvalue weighted by atomic mass is 19.1. The fourth-order valence-corrected chi connectivity index (χ4v) is 5.43. The van der Waals surface area contributed by atoms with Gasteiger partial charge in [0.1, 0.15) is 17.6 Å². The van der Waals surface area contributed by atoms with Crippen molar-refractivity contribution in [2.75, 3.05) is 55.1 Å². The number of benzene rings is 1. The van der Waals surface area contributed by atoms with Crippen LogP contribution in [0.15, 0.2) is 30.9 Å². The van der Waals surface area contributed by atoms with E-state index in [9.17, 15) is 0 Å². The Labute approximate surface area is 221 Å². The summed E-state index contributed by atoms with van der Waals surface area (Å²) in [7, 11) is 0. The first-order valence-electron chi connectivity index (χ1n) is 13.6. The Kier molecular flexibility index (Phi) is 7.64. The molecule has 38 heavy (non-hydrogen) atoms. The molecule has 0 amide bonds. The number of nitrogens with one attached hydrogen (secondary N) is 2. The Hall–Kier alpha value is -3.31. The fourth-order valence-electron chi connectivity index (χ4n) is 5.43. The molecule has 3 aromatic rings. The highest BCUT2D eigenvalue weighted by Crippen LogP contribution is 2.33. The topological polar surface area (TPSA) is 107 Å². The average Bonchev–Trinajstić information content (AvgIpc) is 2.97. The number of fused-ring (bicyclic) bond motifs is 1. The minimum atomic E-state index is -0.428. The van der Waals surface area contributed by atoms with Gasteiger partial charge in [-0.25, -0.2) is 15.0 Å². The van der Waals surface area contributed by atoms with Crippen LogP contribution in [0.25, 0.3) is 11.0 Å². The molecule has 1 saturated carbocycles. The van der Waals surface area contributed by atoms with Crippen molar-refractivity contribution in [3.05, 3.63) is 36.7 Å². The van der Waals surface area contributed by atoms with E-state index < -0.39 is 5.82 Å². The van der Waals surface area contributed by atoms with Gasteiger partial charge in [-0.05, 0) is 44.6 Å². The van der Waals surface area contributed by atoms with Crippen molar-refractivity contribution in [1.29, 1.82) is 0 Å². The van der Waals surface area contributed by atoms with E-state index in [2.05, 4.69) is 47.6 Å². The zero-order chi connectivity index (χ0) is 25.7. The highest BCUT2D eigenvalue weighted by Gasteiger charge is 2.26. The molecule has 2 aromatic heterocycles. The van der Waals surface area contributed by atoms with E-state index in [1.165, 1.54) is 6.33 Å². The van der Waals surface area contributed by atoms with E-state index >= 15 is 4.39 Å². The standard InChI is InChI=1S/C27H34FN7O3/c28-24-26(31-17-32-27(24)34-19-5-11-36-12-6-19)33-18-1-3-21(4-2-18)38-23-16-20(35-9-13-37-14-10-35)15-22-25(23)30-8-7-29-22/h7-8,15-19,21H,1-6,9-14H2,(H2,31,32,33,34)/t18-,21+. The van der Waals surface area contributed by atoms with Crippen molar-refractivity contribution in [2.45, 2.75) is 56.7 Å². The Morgan fingerprint density at radius 3 is 2.18 bits per heavy atom. The second-order valence-electron chi connectivity index (χ2n) is 10.1. The summed E-state index contributed by atoms with van der Waals surface area (Å²) in [5.74, 6) is 0.833. The van der Waals surface area contributed by atoms with Crippen molar-refractivity contribution < 1.29 is 18.6 Å². The molecule has 1 aromatic carbocycles. The molecular formula is C27H34FN7O3. The van der Waals surface area contributed by atoms with Gasteiger partial charge in [-0.15, -0.1) is 0 Å². The predicted molar refractivity (Wildman–Crippen MR) is 142 cm³/mol. The van der Waals surface area contributed by atoms with Crippen molar-refractivity contribution in [3.8, 4) is 5.75 Å². The van der Waals surface area contributed by atoms with Gasteiger partial charge < -0.3 is 29.7 Å². The van der Waals surface area contributed by atoms with E-state index in [0.29, 0.717) is 26.4 Å². The Morgan fingerprint density at radius 1 is 0.789 bits per heavy atom. The molecule has 10 nitrogen and oxygen atoms in total. The molecule has 2 aliphatic heterocycles. The van der Waals surface area contributed by atoms with Crippen LogP contribution in [0.2, 0.25) is 0 Å². The Bertz CT molecular complexity index is 1230. The normalized spacial score (nSPS) is 22.8. The molecule has 11 heteroatoms. The first kappa shape index (κ1) is 25.0. The second-order valence-corrected chi connectivity index (χ2v) is 10.1. The highest BCUT2D eigenvalue weighted by molar-refractivity contribution is 5.85. The van der Waals surface area contributed by atoms with E-state index in [0.717, 1.165) is 74.1 Å². The smallest absolute Gasteiger partial charge is 0.207 e. The number of nitrogens with zero attached hydrogens (tertiary/aromatic N) is 5. The van der Waals surface area contributed by atoms with E-state index in [1.807, 2.05) is 0 Å². The zero-order valence-corrected chi connectivity index (χ0v) is 21.4. The number of halogens is 1. The third-order valence-corrected chi connectivity index (χ3v) is 7.56. The van der Waals surface area contributed by atoms with Crippen LogP contribution in [0.4, 0.5) is 21.7 Å². The van der Waals surface area contributed by atoms with Crippen LogP contribution in [0.1, 0.15) is 38.5 Å². The van der Waals surface area contributed by atoms with E-state index in [-0.39, 0.29) is 29.8 Å².